The maximum atomic E-state index is 10.5. The third kappa shape index (κ3) is 4.71. The summed E-state index contributed by atoms with van der Waals surface area (Å²) in [5.74, 6) is 0. The molecular formula is C36H36N2O2. The van der Waals surface area contributed by atoms with E-state index >= 15 is 0 Å². The highest BCUT2D eigenvalue weighted by Gasteiger charge is 2.26. The van der Waals surface area contributed by atoms with E-state index < -0.39 is 0 Å². The molecule has 2 atom stereocenters. The van der Waals surface area contributed by atoms with Crippen molar-refractivity contribution in [3.8, 4) is 0 Å². The highest BCUT2D eigenvalue weighted by Crippen LogP contribution is 2.33. The molecule has 0 amide bonds. The second kappa shape index (κ2) is 10.8. The molecule has 0 bridgehead atoms. The molecule has 0 radical (unpaired) electrons. The number of rotatable bonds is 8. The Morgan fingerprint density at radius 3 is 1.20 bits per heavy atom. The molecule has 40 heavy (non-hydrogen) atoms. The van der Waals surface area contributed by atoms with Crippen LogP contribution in [0.25, 0.3) is 21.5 Å². The standard InChI is InChI=1S/C36H36N2O2/c39-23-33(37-19-29-12-2-8-27-9-3-13-30(20-37)35(27)29)17-25-6-1-7-26(16-25)18-34(24-40)38-21-31-14-4-10-28-11-5-15-32(22-38)36(28)31/h1-16,33-34,39-40H,17-24H2/t33-,34-/m0/s1. The number of nitrogens with zero attached hydrogens (tertiary/aromatic N) is 2. The third-order valence-corrected chi connectivity index (χ3v) is 9.04. The maximum absolute atomic E-state index is 10.5. The van der Waals surface area contributed by atoms with Gasteiger partial charge in [-0.15, -0.1) is 0 Å². The molecule has 2 heterocycles. The fraction of sp³-hybridized carbons (Fsp3) is 0.278. The molecule has 0 fully saturated rings. The van der Waals surface area contributed by atoms with Crippen LogP contribution in [0.15, 0.2) is 97.1 Å². The molecule has 0 unspecified atom stereocenters. The summed E-state index contributed by atoms with van der Waals surface area (Å²) >= 11 is 0. The van der Waals surface area contributed by atoms with Crippen LogP contribution in [0.4, 0.5) is 0 Å². The second-order valence-corrected chi connectivity index (χ2v) is 11.6. The number of hydrogen-bond donors (Lipinski definition) is 2. The fourth-order valence-corrected chi connectivity index (χ4v) is 7.08. The second-order valence-electron chi connectivity index (χ2n) is 11.6. The van der Waals surface area contributed by atoms with E-state index in [1.807, 2.05) is 0 Å². The summed E-state index contributed by atoms with van der Waals surface area (Å²) < 4.78 is 0. The van der Waals surface area contributed by atoms with E-state index in [2.05, 4.69) is 107 Å². The van der Waals surface area contributed by atoms with Gasteiger partial charge in [-0.1, -0.05) is 97.1 Å². The lowest BCUT2D eigenvalue weighted by Gasteiger charge is -2.35. The van der Waals surface area contributed by atoms with Crippen molar-refractivity contribution < 1.29 is 10.2 Å². The predicted molar refractivity (Wildman–Crippen MR) is 162 cm³/mol. The van der Waals surface area contributed by atoms with E-state index in [1.165, 1.54) is 54.9 Å². The Balaban J connectivity index is 1.07. The highest BCUT2D eigenvalue weighted by molar-refractivity contribution is 5.90. The minimum absolute atomic E-state index is 0.0478. The van der Waals surface area contributed by atoms with E-state index in [0.717, 1.165) is 39.0 Å². The van der Waals surface area contributed by atoms with Gasteiger partial charge in [0, 0.05) is 38.3 Å². The molecule has 0 saturated heterocycles. The highest BCUT2D eigenvalue weighted by atomic mass is 16.3. The zero-order valence-electron chi connectivity index (χ0n) is 22.8. The van der Waals surface area contributed by atoms with Gasteiger partial charge in [-0.05, 0) is 67.8 Å². The van der Waals surface area contributed by atoms with E-state index in [9.17, 15) is 10.2 Å². The van der Waals surface area contributed by atoms with Crippen molar-refractivity contribution in [3.63, 3.8) is 0 Å². The molecule has 5 aromatic carbocycles. The first-order valence-corrected chi connectivity index (χ1v) is 14.5. The molecule has 0 spiro atoms. The quantitative estimate of drug-likeness (QED) is 0.266. The van der Waals surface area contributed by atoms with Gasteiger partial charge in [-0.2, -0.15) is 0 Å². The summed E-state index contributed by atoms with van der Waals surface area (Å²) in [6.45, 7) is 3.68. The van der Waals surface area contributed by atoms with Crippen molar-refractivity contribution in [3.05, 3.63) is 130 Å². The van der Waals surface area contributed by atoms with Gasteiger partial charge in [0.1, 0.15) is 0 Å². The number of benzene rings is 5. The number of hydrogen-bond acceptors (Lipinski definition) is 4. The Kier molecular flexibility index (Phi) is 6.86. The number of aliphatic hydroxyl groups excluding tert-OH is 2. The minimum Gasteiger partial charge on any atom is -0.395 e. The van der Waals surface area contributed by atoms with Gasteiger partial charge in [-0.3, -0.25) is 9.80 Å². The van der Waals surface area contributed by atoms with Gasteiger partial charge >= 0.3 is 0 Å². The van der Waals surface area contributed by atoms with Gasteiger partial charge in [0.15, 0.2) is 0 Å². The predicted octanol–water partition coefficient (Wildman–Crippen LogP) is 5.83. The summed E-state index contributed by atoms with van der Waals surface area (Å²) in [5, 5.41) is 26.3. The van der Waals surface area contributed by atoms with Gasteiger partial charge in [0.2, 0.25) is 0 Å². The van der Waals surface area contributed by atoms with Crippen LogP contribution in [0.3, 0.4) is 0 Å². The van der Waals surface area contributed by atoms with Crippen molar-refractivity contribution in [2.45, 2.75) is 51.1 Å². The van der Waals surface area contributed by atoms with Gasteiger partial charge < -0.3 is 10.2 Å². The molecule has 7 rings (SSSR count). The maximum Gasteiger partial charge on any atom is 0.0590 e. The molecule has 4 heteroatoms. The lowest BCUT2D eigenvalue weighted by Crippen LogP contribution is -2.40. The van der Waals surface area contributed by atoms with Crippen molar-refractivity contribution in [2.24, 2.45) is 0 Å². The van der Waals surface area contributed by atoms with Crippen LogP contribution in [-0.2, 0) is 39.0 Å². The molecule has 5 aromatic rings. The Bertz CT molecular complexity index is 1480. The van der Waals surface area contributed by atoms with E-state index in [1.54, 1.807) is 0 Å². The molecule has 202 valence electrons. The van der Waals surface area contributed by atoms with Crippen molar-refractivity contribution in [2.75, 3.05) is 13.2 Å². The summed E-state index contributed by atoms with van der Waals surface area (Å²) in [6.07, 6.45) is 1.59. The average Bonchev–Trinajstić information content (AvgIpc) is 2.99. The lowest BCUT2D eigenvalue weighted by atomic mass is 9.92. The Hall–Kier alpha value is -3.54. The summed E-state index contributed by atoms with van der Waals surface area (Å²) in [6, 6.07) is 35.1. The zero-order valence-corrected chi connectivity index (χ0v) is 22.8. The first-order chi connectivity index (χ1) is 19.7. The van der Waals surface area contributed by atoms with E-state index in [-0.39, 0.29) is 25.3 Å². The molecule has 0 aromatic heterocycles. The summed E-state index contributed by atoms with van der Waals surface area (Å²) in [4.78, 5) is 4.85. The molecule has 4 nitrogen and oxygen atoms in total. The van der Waals surface area contributed by atoms with Crippen molar-refractivity contribution >= 4 is 21.5 Å². The van der Waals surface area contributed by atoms with Crippen LogP contribution < -0.4 is 0 Å². The molecule has 2 aliphatic heterocycles. The van der Waals surface area contributed by atoms with Crippen LogP contribution in [0.1, 0.15) is 33.4 Å². The Morgan fingerprint density at radius 1 is 0.500 bits per heavy atom. The van der Waals surface area contributed by atoms with Crippen LogP contribution in [0.5, 0.6) is 0 Å². The largest absolute Gasteiger partial charge is 0.395 e. The van der Waals surface area contributed by atoms with E-state index in [4.69, 9.17) is 0 Å². The number of aliphatic hydroxyl groups is 2. The Labute approximate surface area is 236 Å². The van der Waals surface area contributed by atoms with Crippen LogP contribution in [0, 0.1) is 0 Å². The van der Waals surface area contributed by atoms with Gasteiger partial charge in [-0.25, -0.2) is 0 Å². The molecule has 0 saturated carbocycles. The summed E-state index contributed by atoms with van der Waals surface area (Å²) in [5.41, 5.74) is 7.85. The van der Waals surface area contributed by atoms with Gasteiger partial charge in [0.25, 0.3) is 0 Å². The lowest BCUT2D eigenvalue weighted by molar-refractivity contribution is 0.106. The molecule has 0 aliphatic carbocycles. The van der Waals surface area contributed by atoms with Gasteiger partial charge in [0.05, 0.1) is 13.2 Å². The van der Waals surface area contributed by atoms with Crippen LogP contribution in [0.2, 0.25) is 0 Å². The fourth-order valence-electron chi connectivity index (χ4n) is 7.08. The molecule has 2 aliphatic rings. The molecule has 2 N–H and O–H groups in total. The third-order valence-electron chi connectivity index (χ3n) is 9.04. The van der Waals surface area contributed by atoms with Crippen LogP contribution >= 0.6 is 0 Å². The first-order valence-electron chi connectivity index (χ1n) is 14.5. The monoisotopic (exact) mass is 528 g/mol. The normalized spacial score (nSPS) is 16.9. The van der Waals surface area contributed by atoms with Crippen molar-refractivity contribution in [1.82, 2.24) is 9.80 Å². The first kappa shape index (κ1) is 25.4. The zero-order chi connectivity index (χ0) is 27.1. The topological polar surface area (TPSA) is 46.9 Å². The van der Waals surface area contributed by atoms with E-state index in [0.29, 0.717) is 0 Å². The minimum atomic E-state index is 0.0478. The smallest absolute Gasteiger partial charge is 0.0590 e. The summed E-state index contributed by atoms with van der Waals surface area (Å²) in [7, 11) is 0. The van der Waals surface area contributed by atoms with Crippen molar-refractivity contribution in [1.29, 1.82) is 0 Å². The van der Waals surface area contributed by atoms with Crippen LogP contribution in [-0.4, -0.2) is 45.3 Å². The Morgan fingerprint density at radius 2 is 0.850 bits per heavy atom. The SMILES string of the molecule is OC[C@H](Cc1cccc(C[C@@H](CO)N2Cc3cccc4cccc(c34)C2)c1)N1Cc2cccc3cccc(c23)C1. The molecular weight excluding hydrogens is 492 g/mol. The average molecular weight is 529 g/mol.